The number of nitrogens with zero attached hydrogens (tertiary/aromatic N) is 3. The fourth-order valence-corrected chi connectivity index (χ4v) is 2.45. The third-order valence-corrected chi connectivity index (χ3v) is 3.87. The van der Waals surface area contributed by atoms with E-state index in [1.807, 2.05) is 44.3 Å². The molecule has 6 heteroatoms. The van der Waals surface area contributed by atoms with E-state index in [1.54, 1.807) is 4.68 Å². The Balaban J connectivity index is 2.25. The first-order valence-corrected chi connectivity index (χ1v) is 7.17. The van der Waals surface area contributed by atoms with Gasteiger partial charge in [-0.05, 0) is 19.1 Å². The average molecular weight is 306 g/mol. The van der Waals surface area contributed by atoms with Crippen LogP contribution < -0.4 is 10.6 Å². The number of anilines is 1. The van der Waals surface area contributed by atoms with E-state index < -0.39 is 0 Å². The first-order chi connectivity index (χ1) is 9.99. The third kappa shape index (κ3) is 3.76. The first-order valence-electron chi connectivity index (χ1n) is 6.80. The zero-order chi connectivity index (χ0) is 15.4. The molecule has 1 heterocycles. The second-order valence-electron chi connectivity index (χ2n) is 5.00. The summed E-state index contributed by atoms with van der Waals surface area (Å²) in [6, 6.07) is 10.0. The molecule has 0 fully saturated rings. The molecule has 0 bridgehead atoms. The molecule has 0 aliphatic rings. The van der Waals surface area contributed by atoms with Crippen LogP contribution in [0.3, 0.4) is 0 Å². The highest BCUT2D eigenvalue weighted by molar-refractivity contribution is 6.31. The molecule has 2 rings (SSSR count). The number of para-hydroxylation sites is 1. The van der Waals surface area contributed by atoms with Gasteiger partial charge in [-0.25, -0.2) is 0 Å². The lowest BCUT2D eigenvalue weighted by Crippen LogP contribution is -2.28. The van der Waals surface area contributed by atoms with Gasteiger partial charge in [0.15, 0.2) is 0 Å². The van der Waals surface area contributed by atoms with E-state index in [4.69, 9.17) is 22.7 Å². The first kappa shape index (κ1) is 15.4. The van der Waals surface area contributed by atoms with Gasteiger partial charge in [-0.15, -0.1) is 0 Å². The Morgan fingerprint density at radius 1 is 1.38 bits per heavy atom. The van der Waals surface area contributed by atoms with E-state index >= 15 is 0 Å². The van der Waals surface area contributed by atoms with Gasteiger partial charge in [0.25, 0.3) is 0 Å². The van der Waals surface area contributed by atoms with Crippen molar-refractivity contribution >= 4 is 23.1 Å². The molecule has 1 aromatic heterocycles. The third-order valence-electron chi connectivity index (χ3n) is 3.37. The maximum Gasteiger partial charge on any atom is 0.0923 e. The van der Waals surface area contributed by atoms with Gasteiger partial charge in [0, 0.05) is 25.7 Å². The summed E-state index contributed by atoms with van der Waals surface area (Å²) >= 11 is 6.33. The molecule has 5 nitrogen and oxygen atoms in total. The number of aromatic nitrogens is 2. The van der Waals surface area contributed by atoms with Gasteiger partial charge in [-0.2, -0.15) is 5.10 Å². The summed E-state index contributed by atoms with van der Waals surface area (Å²) in [5, 5.41) is 12.5. The van der Waals surface area contributed by atoms with Crippen molar-refractivity contribution in [1.29, 1.82) is 5.41 Å². The number of benzene rings is 1. The minimum absolute atomic E-state index is 0.184. The highest BCUT2D eigenvalue weighted by atomic mass is 35.5. The largest absolute Gasteiger partial charge is 0.388 e. The number of hydrogen-bond donors (Lipinski definition) is 2. The Morgan fingerprint density at radius 2 is 2.05 bits per heavy atom. The lowest BCUT2D eigenvalue weighted by molar-refractivity contribution is 0.677. The van der Waals surface area contributed by atoms with Crippen molar-refractivity contribution < 1.29 is 0 Å². The highest BCUT2D eigenvalue weighted by Gasteiger charge is 2.15. The van der Waals surface area contributed by atoms with Gasteiger partial charge >= 0.3 is 0 Å². The molecule has 2 aromatic rings. The minimum Gasteiger partial charge on any atom is -0.388 e. The number of aryl methyl sites for hydroxylation is 2. The van der Waals surface area contributed by atoms with Crippen LogP contribution >= 0.6 is 11.6 Å². The van der Waals surface area contributed by atoms with E-state index in [2.05, 4.69) is 10.00 Å². The summed E-state index contributed by atoms with van der Waals surface area (Å²) in [4.78, 5) is 2.16. The van der Waals surface area contributed by atoms with Gasteiger partial charge in [-0.3, -0.25) is 10.1 Å². The molecule has 0 radical (unpaired) electrons. The normalized spacial score (nSPS) is 10.6. The summed E-state index contributed by atoms with van der Waals surface area (Å²) in [6.45, 7) is 3.20. The predicted molar refractivity (Wildman–Crippen MR) is 87.0 cm³/mol. The molecule has 0 spiro atoms. The van der Waals surface area contributed by atoms with Crippen LogP contribution in [0.15, 0.2) is 30.3 Å². The number of halogens is 1. The van der Waals surface area contributed by atoms with Gasteiger partial charge < -0.3 is 10.6 Å². The van der Waals surface area contributed by atoms with E-state index in [1.165, 1.54) is 0 Å². The summed E-state index contributed by atoms with van der Waals surface area (Å²) in [6.07, 6.45) is 0.517. The molecule has 0 saturated heterocycles. The predicted octanol–water partition coefficient (Wildman–Crippen LogP) is 2.71. The number of hydrogen-bond acceptors (Lipinski definition) is 3. The van der Waals surface area contributed by atoms with Crippen molar-refractivity contribution in [3.8, 4) is 0 Å². The standard InChI is InChI=1S/C15H20ClN5/c1-11-15(16)13(20(2)19-11)10-21(9-8-14(17)18)12-6-4-3-5-7-12/h3-7H,8-10H2,1-2H3,(H3,17,18). The average Bonchev–Trinajstić information content (AvgIpc) is 2.70. The van der Waals surface area contributed by atoms with Crippen LogP contribution in [-0.2, 0) is 13.6 Å². The Morgan fingerprint density at radius 3 is 2.57 bits per heavy atom. The summed E-state index contributed by atoms with van der Waals surface area (Å²) in [5.41, 5.74) is 8.35. The SMILES string of the molecule is Cc1nn(C)c(CN(CCC(=N)N)c2ccccc2)c1Cl. The number of nitrogens with one attached hydrogen (secondary N) is 1. The van der Waals surface area contributed by atoms with Crippen molar-refractivity contribution in [3.05, 3.63) is 46.7 Å². The van der Waals surface area contributed by atoms with Crippen LogP contribution in [0.25, 0.3) is 0 Å². The Labute approximate surface area is 129 Å². The van der Waals surface area contributed by atoms with E-state index in [9.17, 15) is 0 Å². The molecule has 0 atom stereocenters. The zero-order valence-corrected chi connectivity index (χ0v) is 13.1. The Kier molecular flexibility index (Phi) is 4.85. The van der Waals surface area contributed by atoms with Crippen molar-refractivity contribution in [2.24, 2.45) is 12.8 Å². The highest BCUT2D eigenvalue weighted by Crippen LogP contribution is 2.24. The molecular weight excluding hydrogens is 286 g/mol. The Hall–Kier alpha value is -2.01. The maximum atomic E-state index is 7.43. The summed E-state index contributed by atoms with van der Waals surface area (Å²) in [7, 11) is 1.89. The second kappa shape index (κ2) is 6.63. The molecule has 0 amide bonds. The molecule has 21 heavy (non-hydrogen) atoms. The van der Waals surface area contributed by atoms with Crippen LogP contribution in [0, 0.1) is 12.3 Å². The van der Waals surface area contributed by atoms with Gasteiger partial charge in [0.2, 0.25) is 0 Å². The molecule has 0 unspecified atom stereocenters. The zero-order valence-electron chi connectivity index (χ0n) is 12.3. The molecule has 3 N–H and O–H groups in total. The van der Waals surface area contributed by atoms with Crippen LogP contribution in [0.2, 0.25) is 5.02 Å². The van der Waals surface area contributed by atoms with Crippen molar-refractivity contribution in [3.63, 3.8) is 0 Å². The smallest absolute Gasteiger partial charge is 0.0923 e. The molecule has 112 valence electrons. The number of nitrogens with two attached hydrogens (primary N) is 1. The van der Waals surface area contributed by atoms with Gasteiger partial charge in [-0.1, -0.05) is 29.8 Å². The molecular formula is C15H20ClN5. The minimum atomic E-state index is 0.184. The maximum absolute atomic E-state index is 7.43. The molecule has 1 aromatic carbocycles. The Bertz CT molecular complexity index is 620. The quantitative estimate of drug-likeness (QED) is 0.637. The van der Waals surface area contributed by atoms with E-state index in [-0.39, 0.29) is 5.84 Å². The lowest BCUT2D eigenvalue weighted by atomic mass is 10.2. The topological polar surface area (TPSA) is 70.9 Å². The van der Waals surface area contributed by atoms with Crippen molar-refractivity contribution in [2.45, 2.75) is 19.9 Å². The number of amidine groups is 1. The van der Waals surface area contributed by atoms with E-state index in [0.717, 1.165) is 17.1 Å². The van der Waals surface area contributed by atoms with Crippen LogP contribution in [-0.4, -0.2) is 22.2 Å². The number of rotatable bonds is 6. The van der Waals surface area contributed by atoms with Crippen molar-refractivity contribution in [2.75, 3.05) is 11.4 Å². The monoisotopic (exact) mass is 305 g/mol. The molecule has 0 saturated carbocycles. The van der Waals surface area contributed by atoms with Gasteiger partial charge in [0.1, 0.15) is 0 Å². The fourth-order valence-electron chi connectivity index (χ4n) is 2.23. The van der Waals surface area contributed by atoms with Crippen LogP contribution in [0.5, 0.6) is 0 Å². The summed E-state index contributed by atoms with van der Waals surface area (Å²) < 4.78 is 1.81. The van der Waals surface area contributed by atoms with E-state index in [0.29, 0.717) is 24.5 Å². The fraction of sp³-hybridized carbons (Fsp3) is 0.333. The van der Waals surface area contributed by atoms with Crippen molar-refractivity contribution in [1.82, 2.24) is 9.78 Å². The second-order valence-corrected chi connectivity index (χ2v) is 5.38. The van der Waals surface area contributed by atoms with Gasteiger partial charge in [0.05, 0.1) is 28.8 Å². The lowest BCUT2D eigenvalue weighted by Gasteiger charge is -2.25. The molecule has 0 aliphatic heterocycles. The van der Waals surface area contributed by atoms with Crippen LogP contribution in [0.4, 0.5) is 5.69 Å². The summed E-state index contributed by atoms with van der Waals surface area (Å²) in [5.74, 6) is 0.184. The molecule has 0 aliphatic carbocycles. The van der Waals surface area contributed by atoms with Crippen LogP contribution in [0.1, 0.15) is 17.8 Å².